The molecule has 1 aliphatic heterocycles. The zero-order valence-corrected chi connectivity index (χ0v) is 15.0. The fourth-order valence-corrected chi connectivity index (χ4v) is 3.53. The highest BCUT2D eigenvalue weighted by Gasteiger charge is 2.32. The predicted molar refractivity (Wildman–Crippen MR) is 96.6 cm³/mol. The SMILES string of the molecule is CO[C@@H]1CCN(C(=O)c2ccc(=O)n(C)c2)C[C@H]1Cc1ccc(F)cc1. The summed E-state index contributed by atoms with van der Waals surface area (Å²) in [6, 6.07) is 9.43. The molecule has 138 valence electrons. The number of rotatable bonds is 4. The Morgan fingerprint density at radius 1 is 1.23 bits per heavy atom. The van der Waals surface area contributed by atoms with Gasteiger partial charge in [-0.25, -0.2) is 4.39 Å². The molecule has 1 fully saturated rings. The normalized spacial score (nSPS) is 20.2. The highest BCUT2D eigenvalue weighted by molar-refractivity contribution is 5.94. The molecular weight excluding hydrogens is 335 g/mol. The molecule has 0 spiro atoms. The van der Waals surface area contributed by atoms with E-state index in [9.17, 15) is 14.0 Å². The lowest BCUT2D eigenvalue weighted by molar-refractivity contribution is -0.00302. The molecule has 6 heteroatoms. The molecule has 1 amide bonds. The van der Waals surface area contributed by atoms with Crippen LogP contribution >= 0.6 is 0 Å². The standard InChI is InChI=1S/C20H23FN2O3/c1-22-12-15(5-8-19(22)24)20(25)23-10-9-18(26-2)16(13-23)11-14-3-6-17(21)7-4-14/h3-8,12,16,18H,9-11,13H2,1-2H3/t16-,18-/m1/s1. The van der Waals surface area contributed by atoms with Crippen LogP contribution < -0.4 is 5.56 Å². The molecule has 1 aromatic carbocycles. The second-order valence-electron chi connectivity index (χ2n) is 6.77. The van der Waals surface area contributed by atoms with Crippen molar-refractivity contribution in [1.29, 1.82) is 0 Å². The monoisotopic (exact) mass is 358 g/mol. The minimum atomic E-state index is -0.257. The molecule has 2 atom stereocenters. The van der Waals surface area contributed by atoms with Crippen molar-refractivity contribution in [2.75, 3.05) is 20.2 Å². The number of aryl methyl sites for hydroxylation is 1. The zero-order chi connectivity index (χ0) is 18.7. The number of hydrogen-bond donors (Lipinski definition) is 0. The number of aromatic nitrogens is 1. The van der Waals surface area contributed by atoms with Crippen LogP contribution in [-0.4, -0.2) is 41.7 Å². The van der Waals surface area contributed by atoms with Gasteiger partial charge in [-0.2, -0.15) is 0 Å². The van der Waals surface area contributed by atoms with E-state index in [1.54, 1.807) is 38.6 Å². The second kappa shape index (κ2) is 7.83. The van der Waals surface area contributed by atoms with E-state index in [4.69, 9.17) is 4.74 Å². The van der Waals surface area contributed by atoms with Crippen LogP contribution in [0.2, 0.25) is 0 Å². The van der Waals surface area contributed by atoms with Gasteiger partial charge in [0.25, 0.3) is 5.91 Å². The first-order valence-electron chi connectivity index (χ1n) is 8.71. The van der Waals surface area contributed by atoms with Gasteiger partial charge in [-0.1, -0.05) is 12.1 Å². The van der Waals surface area contributed by atoms with Gasteiger partial charge in [0, 0.05) is 45.4 Å². The van der Waals surface area contributed by atoms with Crippen LogP contribution in [0.15, 0.2) is 47.4 Å². The Hall–Kier alpha value is -2.47. The van der Waals surface area contributed by atoms with Gasteiger partial charge in [0.2, 0.25) is 5.56 Å². The number of carbonyl (C=O) groups excluding carboxylic acids is 1. The topological polar surface area (TPSA) is 51.5 Å². The van der Waals surface area contributed by atoms with E-state index in [1.165, 1.54) is 22.8 Å². The number of carbonyl (C=O) groups is 1. The van der Waals surface area contributed by atoms with Crippen LogP contribution in [0.3, 0.4) is 0 Å². The molecule has 0 radical (unpaired) electrons. The third kappa shape index (κ3) is 4.02. The van der Waals surface area contributed by atoms with E-state index in [0.717, 1.165) is 18.4 Å². The average Bonchev–Trinajstić information content (AvgIpc) is 2.65. The predicted octanol–water partition coefficient (Wildman–Crippen LogP) is 2.24. The van der Waals surface area contributed by atoms with Gasteiger partial charge in [-0.05, 0) is 36.6 Å². The van der Waals surface area contributed by atoms with Gasteiger partial charge >= 0.3 is 0 Å². The molecule has 0 saturated carbocycles. The lowest BCUT2D eigenvalue weighted by Gasteiger charge is -2.38. The largest absolute Gasteiger partial charge is 0.381 e. The van der Waals surface area contributed by atoms with Gasteiger partial charge in [0.15, 0.2) is 0 Å². The number of ether oxygens (including phenoxy) is 1. The van der Waals surface area contributed by atoms with Gasteiger partial charge < -0.3 is 14.2 Å². The lowest BCUT2D eigenvalue weighted by Crippen LogP contribution is -2.47. The number of piperidine rings is 1. The van der Waals surface area contributed by atoms with Crippen molar-refractivity contribution in [2.45, 2.75) is 18.9 Å². The van der Waals surface area contributed by atoms with Gasteiger partial charge in [-0.3, -0.25) is 9.59 Å². The van der Waals surface area contributed by atoms with Crippen LogP contribution in [-0.2, 0) is 18.2 Å². The number of nitrogens with zero attached hydrogens (tertiary/aromatic N) is 2. The second-order valence-corrected chi connectivity index (χ2v) is 6.77. The third-order valence-corrected chi connectivity index (χ3v) is 5.00. The van der Waals surface area contributed by atoms with Crippen molar-refractivity contribution >= 4 is 5.91 Å². The number of hydrogen-bond acceptors (Lipinski definition) is 3. The van der Waals surface area contributed by atoms with E-state index in [0.29, 0.717) is 18.7 Å². The van der Waals surface area contributed by atoms with Crippen LogP contribution in [0.1, 0.15) is 22.3 Å². The first kappa shape index (κ1) is 18.3. The molecule has 1 aliphatic rings. The molecule has 26 heavy (non-hydrogen) atoms. The van der Waals surface area contributed by atoms with Crippen molar-refractivity contribution in [3.63, 3.8) is 0 Å². The van der Waals surface area contributed by atoms with Crippen LogP contribution in [0.25, 0.3) is 0 Å². The minimum absolute atomic E-state index is 0.0595. The average molecular weight is 358 g/mol. The number of amides is 1. The van der Waals surface area contributed by atoms with Crippen molar-refractivity contribution < 1.29 is 13.9 Å². The number of methoxy groups -OCH3 is 1. The van der Waals surface area contributed by atoms with Crippen LogP contribution in [0.5, 0.6) is 0 Å². The molecule has 0 bridgehead atoms. The summed E-state index contributed by atoms with van der Waals surface area (Å²) in [5.74, 6) is -0.206. The van der Waals surface area contributed by atoms with E-state index in [1.807, 2.05) is 4.90 Å². The van der Waals surface area contributed by atoms with Crippen molar-refractivity contribution in [3.05, 3.63) is 69.9 Å². The maximum atomic E-state index is 13.1. The number of likely N-dealkylation sites (tertiary alicyclic amines) is 1. The maximum absolute atomic E-state index is 13.1. The Morgan fingerprint density at radius 2 is 1.96 bits per heavy atom. The minimum Gasteiger partial charge on any atom is -0.381 e. The molecule has 5 nitrogen and oxygen atoms in total. The van der Waals surface area contributed by atoms with E-state index >= 15 is 0 Å². The summed E-state index contributed by atoms with van der Waals surface area (Å²) in [6.07, 6.45) is 3.10. The lowest BCUT2D eigenvalue weighted by atomic mass is 9.88. The quantitative estimate of drug-likeness (QED) is 0.842. The first-order chi connectivity index (χ1) is 12.5. The molecule has 1 aromatic heterocycles. The summed E-state index contributed by atoms with van der Waals surface area (Å²) < 4.78 is 20.1. The third-order valence-electron chi connectivity index (χ3n) is 5.00. The molecule has 0 N–H and O–H groups in total. The number of pyridine rings is 1. The summed E-state index contributed by atoms with van der Waals surface area (Å²) in [5, 5.41) is 0. The zero-order valence-electron chi connectivity index (χ0n) is 15.0. The van der Waals surface area contributed by atoms with Gasteiger partial charge in [-0.15, -0.1) is 0 Å². The summed E-state index contributed by atoms with van der Waals surface area (Å²) in [4.78, 5) is 26.2. The first-order valence-corrected chi connectivity index (χ1v) is 8.71. The van der Waals surface area contributed by atoms with Gasteiger partial charge in [0.1, 0.15) is 5.82 Å². The molecule has 1 saturated heterocycles. The van der Waals surface area contributed by atoms with Crippen molar-refractivity contribution in [3.8, 4) is 0 Å². The highest BCUT2D eigenvalue weighted by Crippen LogP contribution is 2.25. The Labute approximate surface area is 152 Å². The molecule has 2 heterocycles. The Morgan fingerprint density at radius 3 is 2.62 bits per heavy atom. The Kier molecular flexibility index (Phi) is 5.52. The molecule has 2 aromatic rings. The smallest absolute Gasteiger partial charge is 0.255 e. The number of halogens is 1. The highest BCUT2D eigenvalue weighted by atomic mass is 19.1. The van der Waals surface area contributed by atoms with E-state index < -0.39 is 0 Å². The summed E-state index contributed by atoms with van der Waals surface area (Å²) in [6.45, 7) is 1.18. The van der Waals surface area contributed by atoms with E-state index in [-0.39, 0.29) is 29.3 Å². The summed E-state index contributed by atoms with van der Waals surface area (Å²) in [5.41, 5.74) is 1.38. The number of benzene rings is 1. The van der Waals surface area contributed by atoms with Gasteiger partial charge in [0.05, 0.1) is 11.7 Å². The molecule has 0 unspecified atom stereocenters. The van der Waals surface area contributed by atoms with Crippen molar-refractivity contribution in [1.82, 2.24) is 9.47 Å². The van der Waals surface area contributed by atoms with Crippen molar-refractivity contribution in [2.24, 2.45) is 13.0 Å². The fourth-order valence-electron chi connectivity index (χ4n) is 3.53. The van der Waals surface area contributed by atoms with E-state index in [2.05, 4.69) is 0 Å². The molecule has 3 rings (SSSR count). The fraction of sp³-hybridized carbons (Fsp3) is 0.400. The molecular formula is C20H23FN2O3. The van der Waals surface area contributed by atoms with Crippen LogP contribution in [0.4, 0.5) is 4.39 Å². The Bertz CT molecular complexity index is 832. The summed E-state index contributed by atoms with van der Waals surface area (Å²) in [7, 11) is 3.32. The maximum Gasteiger partial charge on any atom is 0.255 e. The molecule has 0 aliphatic carbocycles. The summed E-state index contributed by atoms with van der Waals surface area (Å²) >= 11 is 0. The van der Waals surface area contributed by atoms with Crippen LogP contribution in [0, 0.1) is 11.7 Å². The Balaban J connectivity index is 1.75.